The fourth-order valence-electron chi connectivity index (χ4n) is 3.39. The number of aryl methyl sites for hydroxylation is 2. The summed E-state index contributed by atoms with van der Waals surface area (Å²) in [4.78, 5) is 14.5. The van der Waals surface area contributed by atoms with Crippen molar-refractivity contribution in [2.24, 2.45) is 0 Å². The first-order chi connectivity index (χ1) is 9.75. The Morgan fingerprint density at radius 3 is 3.10 bits per heavy atom. The van der Waals surface area contributed by atoms with Crippen LogP contribution in [0.1, 0.15) is 43.2 Å². The molecule has 0 N–H and O–H groups in total. The standard InChI is InChI=1S/C17H23NO2/c1-13-5-2-6-14-7-3-11-18(17(13)14)16(19)10-9-15-8-4-12-20-15/h2,5-6,15H,3-4,7-12H2,1H3. The van der Waals surface area contributed by atoms with Gasteiger partial charge in [0.1, 0.15) is 0 Å². The van der Waals surface area contributed by atoms with Crippen molar-refractivity contribution in [1.82, 2.24) is 0 Å². The number of carbonyl (C=O) groups excluding carboxylic acids is 1. The Morgan fingerprint density at radius 1 is 1.40 bits per heavy atom. The molecule has 1 amide bonds. The van der Waals surface area contributed by atoms with Crippen molar-refractivity contribution in [3.8, 4) is 0 Å². The molecule has 2 aliphatic heterocycles. The number of rotatable bonds is 3. The molecule has 0 spiro atoms. The minimum absolute atomic E-state index is 0.260. The maximum atomic E-state index is 12.5. The summed E-state index contributed by atoms with van der Waals surface area (Å²) in [5.41, 5.74) is 3.70. The van der Waals surface area contributed by atoms with Crippen LogP contribution in [-0.2, 0) is 16.0 Å². The first-order valence-corrected chi connectivity index (χ1v) is 7.76. The van der Waals surface area contributed by atoms with Crippen molar-refractivity contribution in [3.05, 3.63) is 29.3 Å². The van der Waals surface area contributed by atoms with E-state index in [2.05, 4.69) is 25.1 Å². The minimum atomic E-state index is 0.260. The number of amides is 1. The first kappa shape index (κ1) is 13.6. The molecule has 3 heteroatoms. The number of benzene rings is 1. The lowest BCUT2D eigenvalue weighted by Crippen LogP contribution is -2.36. The highest BCUT2D eigenvalue weighted by molar-refractivity contribution is 5.95. The monoisotopic (exact) mass is 273 g/mol. The summed E-state index contributed by atoms with van der Waals surface area (Å²) in [5, 5.41) is 0. The second-order valence-electron chi connectivity index (χ2n) is 5.91. The number of nitrogens with zero attached hydrogens (tertiary/aromatic N) is 1. The molecule has 1 saturated heterocycles. The summed E-state index contributed by atoms with van der Waals surface area (Å²) in [6.07, 6.45) is 6.21. The highest BCUT2D eigenvalue weighted by atomic mass is 16.5. The number of ether oxygens (including phenoxy) is 1. The fourth-order valence-corrected chi connectivity index (χ4v) is 3.39. The van der Waals surface area contributed by atoms with E-state index in [0.717, 1.165) is 50.9 Å². The smallest absolute Gasteiger partial charge is 0.227 e. The van der Waals surface area contributed by atoms with Gasteiger partial charge in [0.2, 0.25) is 5.91 Å². The predicted octanol–water partition coefficient (Wildman–Crippen LogP) is 3.23. The highest BCUT2D eigenvalue weighted by Crippen LogP contribution is 2.31. The molecule has 0 aliphatic carbocycles. The van der Waals surface area contributed by atoms with E-state index in [1.807, 2.05) is 4.90 Å². The van der Waals surface area contributed by atoms with Crippen LogP contribution in [0.5, 0.6) is 0 Å². The van der Waals surface area contributed by atoms with Crippen LogP contribution >= 0.6 is 0 Å². The van der Waals surface area contributed by atoms with Gasteiger partial charge in [-0.05, 0) is 50.2 Å². The number of hydrogen-bond acceptors (Lipinski definition) is 2. The number of anilines is 1. The van der Waals surface area contributed by atoms with Gasteiger partial charge in [-0.2, -0.15) is 0 Å². The van der Waals surface area contributed by atoms with E-state index in [9.17, 15) is 4.79 Å². The van der Waals surface area contributed by atoms with E-state index in [1.165, 1.54) is 11.1 Å². The van der Waals surface area contributed by atoms with Crippen LogP contribution in [0, 0.1) is 6.92 Å². The summed E-state index contributed by atoms with van der Waals surface area (Å²) in [6.45, 7) is 3.83. The summed E-state index contributed by atoms with van der Waals surface area (Å²) in [6, 6.07) is 6.35. The van der Waals surface area contributed by atoms with Crippen molar-refractivity contribution < 1.29 is 9.53 Å². The number of fused-ring (bicyclic) bond motifs is 1. The van der Waals surface area contributed by atoms with Crippen LogP contribution in [-0.4, -0.2) is 25.2 Å². The number of hydrogen-bond donors (Lipinski definition) is 0. The molecule has 2 aliphatic rings. The largest absolute Gasteiger partial charge is 0.378 e. The van der Waals surface area contributed by atoms with E-state index >= 15 is 0 Å². The average molecular weight is 273 g/mol. The number of carbonyl (C=O) groups is 1. The maximum absolute atomic E-state index is 12.5. The topological polar surface area (TPSA) is 29.5 Å². The Kier molecular flexibility index (Phi) is 4.06. The second-order valence-corrected chi connectivity index (χ2v) is 5.91. The Balaban J connectivity index is 1.69. The molecule has 1 unspecified atom stereocenters. The molecule has 108 valence electrons. The van der Waals surface area contributed by atoms with E-state index in [4.69, 9.17) is 4.74 Å². The van der Waals surface area contributed by atoms with E-state index < -0.39 is 0 Å². The predicted molar refractivity (Wildman–Crippen MR) is 80.1 cm³/mol. The van der Waals surface area contributed by atoms with Crippen LogP contribution in [0.25, 0.3) is 0 Å². The van der Waals surface area contributed by atoms with Crippen molar-refractivity contribution >= 4 is 11.6 Å². The lowest BCUT2D eigenvalue weighted by molar-refractivity contribution is -0.119. The third-order valence-electron chi connectivity index (χ3n) is 4.42. The Hall–Kier alpha value is -1.35. The van der Waals surface area contributed by atoms with Crippen molar-refractivity contribution in [1.29, 1.82) is 0 Å². The highest BCUT2D eigenvalue weighted by Gasteiger charge is 2.25. The Labute approximate surface area is 120 Å². The summed E-state index contributed by atoms with van der Waals surface area (Å²) in [7, 11) is 0. The van der Waals surface area contributed by atoms with Crippen molar-refractivity contribution in [2.45, 2.75) is 51.6 Å². The normalized spacial score (nSPS) is 21.9. The van der Waals surface area contributed by atoms with Gasteiger partial charge in [-0.15, -0.1) is 0 Å². The van der Waals surface area contributed by atoms with Gasteiger partial charge in [0.25, 0.3) is 0 Å². The van der Waals surface area contributed by atoms with E-state index in [0.29, 0.717) is 12.5 Å². The van der Waals surface area contributed by atoms with Crippen molar-refractivity contribution in [3.63, 3.8) is 0 Å². The van der Waals surface area contributed by atoms with Crippen LogP contribution in [0.4, 0.5) is 5.69 Å². The van der Waals surface area contributed by atoms with Gasteiger partial charge in [-0.1, -0.05) is 18.2 Å². The molecular weight excluding hydrogens is 250 g/mol. The van der Waals surface area contributed by atoms with E-state index in [-0.39, 0.29) is 5.91 Å². The molecule has 3 nitrogen and oxygen atoms in total. The molecule has 20 heavy (non-hydrogen) atoms. The zero-order valence-corrected chi connectivity index (χ0v) is 12.2. The van der Waals surface area contributed by atoms with Crippen LogP contribution < -0.4 is 4.90 Å². The van der Waals surface area contributed by atoms with Gasteiger partial charge in [0.05, 0.1) is 6.10 Å². The molecule has 3 rings (SSSR count). The van der Waals surface area contributed by atoms with Crippen LogP contribution in [0.3, 0.4) is 0 Å². The lowest BCUT2D eigenvalue weighted by atomic mass is 9.97. The molecule has 0 bridgehead atoms. The molecule has 0 aromatic heterocycles. The minimum Gasteiger partial charge on any atom is -0.378 e. The number of para-hydroxylation sites is 1. The molecular formula is C17H23NO2. The van der Waals surface area contributed by atoms with Crippen LogP contribution in [0.15, 0.2) is 18.2 Å². The van der Waals surface area contributed by atoms with Gasteiger partial charge < -0.3 is 9.64 Å². The van der Waals surface area contributed by atoms with Gasteiger partial charge in [-0.3, -0.25) is 4.79 Å². The average Bonchev–Trinajstić information content (AvgIpc) is 2.98. The zero-order chi connectivity index (χ0) is 13.9. The lowest BCUT2D eigenvalue weighted by Gasteiger charge is -2.31. The van der Waals surface area contributed by atoms with E-state index in [1.54, 1.807) is 0 Å². The van der Waals surface area contributed by atoms with Gasteiger partial charge in [-0.25, -0.2) is 0 Å². The summed E-state index contributed by atoms with van der Waals surface area (Å²) >= 11 is 0. The molecule has 1 atom stereocenters. The molecule has 1 aromatic carbocycles. The third-order valence-corrected chi connectivity index (χ3v) is 4.42. The molecule has 0 saturated carbocycles. The summed E-state index contributed by atoms with van der Waals surface area (Å²) < 4.78 is 5.61. The molecule has 0 radical (unpaired) electrons. The zero-order valence-electron chi connectivity index (χ0n) is 12.2. The SMILES string of the molecule is Cc1cccc2c1N(C(=O)CCC1CCCO1)CCC2. The second kappa shape index (κ2) is 5.96. The Bertz CT molecular complexity index is 492. The third kappa shape index (κ3) is 2.73. The maximum Gasteiger partial charge on any atom is 0.227 e. The van der Waals surface area contributed by atoms with Gasteiger partial charge in [0, 0.05) is 25.3 Å². The quantitative estimate of drug-likeness (QED) is 0.846. The van der Waals surface area contributed by atoms with Gasteiger partial charge >= 0.3 is 0 Å². The first-order valence-electron chi connectivity index (χ1n) is 7.76. The van der Waals surface area contributed by atoms with Crippen LogP contribution in [0.2, 0.25) is 0 Å². The molecule has 2 heterocycles. The fraction of sp³-hybridized carbons (Fsp3) is 0.588. The van der Waals surface area contributed by atoms with Crippen molar-refractivity contribution in [2.75, 3.05) is 18.1 Å². The summed E-state index contributed by atoms with van der Waals surface area (Å²) in [5.74, 6) is 0.260. The molecule has 1 aromatic rings. The Morgan fingerprint density at radius 2 is 2.30 bits per heavy atom. The molecule has 1 fully saturated rings. The van der Waals surface area contributed by atoms with Gasteiger partial charge in [0.15, 0.2) is 0 Å².